The van der Waals surface area contributed by atoms with Crippen LogP contribution in [0, 0.1) is 0 Å². The number of aliphatic hydroxyl groups is 1. The van der Waals surface area contributed by atoms with E-state index >= 15 is 0 Å². The molecule has 0 spiro atoms. The number of aromatic nitrogens is 2. The lowest BCUT2D eigenvalue weighted by molar-refractivity contribution is -0.100. The number of para-hydroxylation sites is 1. The second-order valence-corrected chi connectivity index (χ2v) is 15.1. The Morgan fingerprint density at radius 1 is 0.679 bits per heavy atom. The fourth-order valence-electron chi connectivity index (χ4n) is 6.12. The summed E-state index contributed by atoms with van der Waals surface area (Å²) in [5.74, 6) is -0.567. The van der Waals surface area contributed by atoms with Crippen LogP contribution >= 0.6 is 11.6 Å². The van der Waals surface area contributed by atoms with Crippen LogP contribution in [0.1, 0.15) is 155 Å². The van der Waals surface area contributed by atoms with Gasteiger partial charge in [-0.3, -0.25) is 9.59 Å². The van der Waals surface area contributed by atoms with E-state index in [1.54, 1.807) is 25.1 Å². The Bertz CT molecular complexity index is 1310. The fourth-order valence-corrected chi connectivity index (χ4v) is 6.24. The van der Waals surface area contributed by atoms with Crippen molar-refractivity contribution in [3.05, 3.63) is 40.4 Å². The molecular formula is C42H71ClN2O8. The summed E-state index contributed by atoms with van der Waals surface area (Å²) in [7, 11) is 0. The summed E-state index contributed by atoms with van der Waals surface area (Å²) in [5.41, 5.74) is 0.0944. The quantitative estimate of drug-likeness (QED) is 0.0574. The smallest absolute Gasteiger partial charge is 0.268 e. The van der Waals surface area contributed by atoms with Gasteiger partial charge in [-0.15, -0.1) is 11.6 Å². The molecule has 53 heavy (non-hydrogen) atoms. The van der Waals surface area contributed by atoms with Gasteiger partial charge in [0.05, 0.1) is 74.5 Å². The summed E-state index contributed by atoms with van der Waals surface area (Å²) in [4.78, 5) is 31.4. The first-order chi connectivity index (χ1) is 25.6. The van der Waals surface area contributed by atoms with E-state index in [2.05, 4.69) is 6.92 Å². The van der Waals surface area contributed by atoms with E-state index in [1.807, 2.05) is 33.8 Å². The Morgan fingerprint density at radius 2 is 1.11 bits per heavy atom. The van der Waals surface area contributed by atoms with Gasteiger partial charge in [0.25, 0.3) is 5.56 Å². The maximum Gasteiger partial charge on any atom is 0.268 e. The predicted octanol–water partition coefficient (Wildman–Crippen LogP) is 9.21. The Hall–Kier alpha value is -1.92. The van der Waals surface area contributed by atoms with Gasteiger partial charge in [-0.25, -0.2) is 9.55 Å². The summed E-state index contributed by atoms with van der Waals surface area (Å²) >= 11 is 5.99. The summed E-state index contributed by atoms with van der Waals surface area (Å²) < 4.78 is 30.9. The lowest BCUT2D eigenvalue weighted by Crippen LogP contribution is -2.34. The van der Waals surface area contributed by atoms with Gasteiger partial charge in [0.2, 0.25) is 5.91 Å². The third-order valence-corrected chi connectivity index (χ3v) is 9.50. The minimum absolute atomic E-state index is 0.126. The topological polar surface area (TPSA) is 118 Å². The van der Waals surface area contributed by atoms with Crippen LogP contribution in [0.5, 0.6) is 0 Å². The molecule has 2 rings (SSSR count). The number of fused-ring (bicyclic) bond motifs is 1. The van der Waals surface area contributed by atoms with Gasteiger partial charge in [-0.2, -0.15) is 0 Å². The molecule has 11 heteroatoms. The zero-order valence-electron chi connectivity index (χ0n) is 33.7. The molecule has 304 valence electrons. The van der Waals surface area contributed by atoms with Crippen LogP contribution in [0.3, 0.4) is 0 Å². The van der Waals surface area contributed by atoms with Crippen molar-refractivity contribution in [1.82, 2.24) is 9.55 Å². The van der Waals surface area contributed by atoms with Gasteiger partial charge < -0.3 is 28.8 Å². The number of nitrogens with zero attached hydrogens (tertiary/aromatic N) is 2. The van der Waals surface area contributed by atoms with Crippen molar-refractivity contribution < 1.29 is 33.6 Å². The normalized spacial score (nSPS) is 15.3. The van der Waals surface area contributed by atoms with E-state index in [0.29, 0.717) is 37.1 Å². The summed E-state index contributed by atoms with van der Waals surface area (Å²) in [5, 5.41) is 9.75. The van der Waals surface area contributed by atoms with E-state index in [-0.39, 0.29) is 49.3 Å². The molecule has 1 aromatic heterocycles. The first kappa shape index (κ1) is 47.2. The Balaban J connectivity index is 1.90. The summed E-state index contributed by atoms with van der Waals surface area (Å²) in [6.07, 6.45) is 16.5. The molecule has 0 amide bonds. The second-order valence-electron chi connectivity index (χ2n) is 14.8. The molecule has 0 aliphatic carbocycles. The molecule has 0 fully saturated rings. The molecule has 0 saturated carbocycles. The maximum absolute atomic E-state index is 13.5. The third-order valence-electron chi connectivity index (χ3n) is 9.27. The van der Waals surface area contributed by atoms with E-state index in [0.717, 1.165) is 23.8 Å². The molecular weight excluding hydrogens is 696 g/mol. The van der Waals surface area contributed by atoms with Crippen molar-refractivity contribution in [2.24, 2.45) is 0 Å². The Labute approximate surface area is 324 Å². The van der Waals surface area contributed by atoms with Gasteiger partial charge in [0, 0.05) is 0 Å². The highest BCUT2D eigenvalue weighted by molar-refractivity contribution is 6.27. The van der Waals surface area contributed by atoms with Crippen LogP contribution in [-0.2, 0) is 23.7 Å². The highest BCUT2D eigenvalue weighted by Gasteiger charge is 2.25. The number of hydrogen-bond acceptors (Lipinski definition) is 9. The average Bonchev–Trinajstić information content (AvgIpc) is 3.15. The minimum Gasteiger partial charge on any atom is -0.391 e. The number of carbonyl (C=O) groups excluding carboxylic acids is 1. The monoisotopic (exact) mass is 766 g/mol. The van der Waals surface area contributed by atoms with E-state index in [1.165, 1.54) is 70.6 Å². The molecule has 2 aromatic rings. The number of hydrogen-bond donors (Lipinski definition) is 1. The van der Waals surface area contributed by atoms with Crippen LogP contribution in [-0.4, -0.2) is 90.0 Å². The number of unbranched alkanes of at least 4 members (excludes halogenated alkanes) is 13. The molecule has 6 atom stereocenters. The van der Waals surface area contributed by atoms with Crippen molar-refractivity contribution in [3.8, 4) is 0 Å². The van der Waals surface area contributed by atoms with Crippen LogP contribution < -0.4 is 5.56 Å². The average molecular weight is 767 g/mol. The van der Waals surface area contributed by atoms with E-state index in [9.17, 15) is 14.7 Å². The molecule has 0 radical (unpaired) electrons. The largest absolute Gasteiger partial charge is 0.391 e. The van der Waals surface area contributed by atoms with Crippen molar-refractivity contribution in [3.63, 3.8) is 0 Å². The molecule has 10 nitrogen and oxygen atoms in total. The van der Waals surface area contributed by atoms with Crippen LogP contribution in [0.15, 0.2) is 29.1 Å². The Kier molecular flexibility index (Phi) is 25.4. The SMILES string of the molecule is CCCCCCCCCCCCCCCCC(OCC(C)OCC(C)OCC(C)OCC(C)OCC(C)O)c1nc2ccccc2c(=O)n1C(=O)CCl. The third kappa shape index (κ3) is 20.0. The molecule has 0 aliphatic heterocycles. The molecule has 0 saturated heterocycles. The molecule has 1 aromatic carbocycles. The molecule has 1 N–H and O–H groups in total. The van der Waals surface area contributed by atoms with Gasteiger partial charge in [0.15, 0.2) is 0 Å². The summed E-state index contributed by atoms with van der Waals surface area (Å²) in [6.45, 7) is 13.4. The van der Waals surface area contributed by atoms with Crippen LogP contribution in [0.2, 0.25) is 0 Å². The zero-order chi connectivity index (χ0) is 38.8. The van der Waals surface area contributed by atoms with E-state index in [4.69, 9.17) is 40.3 Å². The number of rotatable bonds is 32. The first-order valence-electron chi connectivity index (χ1n) is 20.4. The zero-order valence-corrected chi connectivity index (χ0v) is 34.5. The number of aliphatic hydroxyl groups excluding tert-OH is 1. The number of carbonyl (C=O) groups is 1. The van der Waals surface area contributed by atoms with Crippen LogP contribution in [0.25, 0.3) is 10.9 Å². The standard InChI is InChI=1S/C42H71ClN2O8/c1-7-8-9-10-11-12-13-14-15-16-17-18-19-20-25-39(41-44-38-24-22-21-23-37(38)42(48)45(41)40(47)26-43)53-31-36(6)52-30-35(5)51-29-34(4)50-28-33(3)49-27-32(2)46/h21-24,32-36,39,46H,7-20,25-31H2,1-6H3. The summed E-state index contributed by atoms with van der Waals surface area (Å²) in [6, 6.07) is 7.05. The van der Waals surface area contributed by atoms with Crippen LogP contribution in [0.4, 0.5) is 0 Å². The molecule has 6 unspecified atom stereocenters. The van der Waals surface area contributed by atoms with Crippen molar-refractivity contribution in [2.75, 3.05) is 38.9 Å². The Morgan fingerprint density at radius 3 is 1.58 bits per heavy atom. The van der Waals surface area contributed by atoms with E-state index < -0.39 is 23.7 Å². The number of ether oxygens (including phenoxy) is 5. The first-order valence-corrected chi connectivity index (χ1v) is 21.0. The van der Waals surface area contributed by atoms with Crippen molar-refractivity contribution >= 4 is 28.4 Å². The lowest BCUT2D eigenvalue weighted by atomic mass is 10.0. The minimum atomic E-state index is -0.582. The highest BCUT2D eigenvalue weighted by Crippen LogP contribution is 2.25. The number of halogens is 1. The highest BCUT2D eigenvalue weighted by atomic mass is 35.5. The molecule has 0 bridgehead atoms. The number of alkyl halides is 1. The predicted molar refractivity (Wildman–Crippen MR) is 214 cm³/mol. The van der Waals surface area contributed by atoms with Crippen molar-refractivity contribution in [1.29, 1.82) is 0 Å². The van der Waals surface area contributed by atoms with Gasteiger partial charge in [-0.1, -0.05) is 109 Å². The lowest BCUT2D eigenvalue weighted by Gasteiger charge is -2.24. The number of benzene rings is 1. The second kappa shape index (κ2) is 28.5. The van der Waals surface area contributed by atoms with Gasteiger partial charge in [-0.05, 0) is 53.2 Å². The fraction of sp³-hybridized carbons (Fsp3) is 0.786. The van der Waals surface area contributed by atoms with Gasteiger partial charge >= 0.3 is 0 Å². The van der Waals surface area contributed by atoms with Gasteiger partial charge in [0.1, 0.15) is 17.8 Å². The molecule has 0 aliphatic rings. The maximum atomic E-state index is 13.5. The van der Waals surface area contributed by atoms with Crippen molar-refractivity contribution in [2.45, 2.75) is 174 Å². The molecule has 1 heterocycles.